The summed E-state index contributed by atoms with van der Waals surface area (Å²) in [6.45, 7) is -4.36. The van der Waals surface area contributed by atoms with Gasteiger partial charge in [0.1, 0.15) is 0 Å². The lowest BCUT2D eigenvalue weighted by molar-refractivity contribution is 0.203. The average Bonchev–Trinajstić information content (AvgIpc) is 2.47. The number of rotatable bonds is 4. The highest BCUT2D eigenvalue weighted by Gasteiger charge is 2.27. The number of ether oxygens (including phenoxy) is 1. The maximum Gasteiger partial charge on any atom is 0.519 e. The first-order valence-corrected chi connectivity index (χ1v) is 4.63. The van der Waals surface area contributed by atoms with Crippen LogP contribution in [0.25, 0.3) is 0 Å². The number of hydrogen-bond donors (Lipinski definition) is 0. The summed E-state index contributed by atoms with van der Waals surface area (Å²) in [7, 11) is 1.53. The molecule has 0 amide bonds. The minimum absolute atomic E-state index is 0.463. The average molecular weight is 209 g/mol. The van der Waals surface area contributed by atoms with Gasteiger partial charge >= 0.3 is 6.98 Å². The summed E-state index contributed by atoms with van der Waals surface area (Å²) >= 11 is 0.803. The van der Waals surface area contributed by atoms with Gasteiger partial charge in [0.15, 0.2) is 0 Å². The standard InChI is InChI=1S/C7H9BF3OS/c1-12-5-4-6-2-3-7(13-6)8(9,10)11/h2-3H,4-5H2,1H3/q-1. The molecular weight excluding hydrogens is 200 g/mol. The lowest BCUT2D eigenvalue weighted by Crippen LogP contribution is -2.30. The molecule has 13 heavy (non-hydrogen) atoms. The van der Waals surface area contributed by atoms with E-state index in [0.717, 1.165) is 22.3 Å². The molecule has 0 aliphatic heterocycles. The highest BCUT2D eigenvalue weighted by atomic mass is 32.1. The van der Waals surface area contributed by atoms with Crippen LogP contribution in [0.4, 0.5) is 12.9 Å². The van der Waals surface area contributed by atoms with E-state index in [2.05, 4.69) is 0 Å². The molecule has 1 heterocycles. The van der Waals surface area contributed by atoms with E-state index in [0.29, 0.717) is 13.0 Å². The minimum Gasteiger partial charge on any atom is -0.444 e. The number of hydrogen-bond acceptors (Lipinski definition) is 2. The van der Waals surface area contributed by atoms with Crippen LogP contribution in [-0.2, 0) is 11.2 Å². The van der Waals surface area contributed by atoms with Crippen molar-refractivity contribution >= 4 is 23.1 Å². The van der Waals surface area contributed by atoms with E-state index < -0.39 is 11.8 Å². The second-order valence-corrected chi connectivity index (χ2v) is 3.82. The maximum atomic E-state index is 12.2. The van der Waals surface area contributed by atoms with E-state index in [1.165, 1.54) is 13.2 Å². The number of methoxy groups -OCH3 is 1. The Hall–Kier alpha value is -0.485. The third kappa shape index (κ3) is 3.04. The summed E-state index contributed by atoms with van der Waals surface area (Å²) in [4.78, 5) is 0.719. The molecule has 0 aliphatic carbocycles. The molecule has 0 bridgehead atoms. The normalized spacial score (nSPS) is 12.0. The zero-order chi connectivity index (χ0) is 9.90. The maximum absolute atomic E-state index is 12.2. The zero-order valence-corrected chi connectivity index (χ0v) is 7.91. The van der Waals surface area contributed by atoms with Crippen molar-refractivity contribution in [2.75, 3.05) is 13.7 Å². The summed E-state index contributed by atoms with van der Waals surface area (Å²) in [5, 5.41) is 0. The second kappa shape index (κ2) is 4.15. The van der Waals surface area contributed by atoms with Gasteiger partial charge in [0, 0.05) is 18.4 Å². The van der Waals surface area contributed by atoms with Crippen molar-refractivity contribution in [3.05, 3.63) is 17.0 Å². The van der Waals surface area contributed by atoms with Gasteiger partial charge in [-0.05, 0) is 0 Å². The predicted octanol–water partition coefficient (Wildman–Crippen LogP) is 1.99. The highest BCUT2D eigenvalue weighted by molar-refractivity contribution is 7.23. The van der Waals surface area contributed by atoms with Gasteiger partial charge in [-0.25, -0.2) is 0 Å². The van der Waals surface area contributed by atoms with Gasteiger partial charge < -0.3 is 17.7 Å². The zero-order valence-electron chi connectivity index (χ0n) is 7.10. The van der Waals surface area contributed by atoms with Crippen LogP contribution in [0.1, 0.15) is 4.88 Å². The molecule has 0 radical (unpaired) electrons. The van der Waals surface area contributed by atoms with Gasteiger partial charge in [0.05, 0.1) is 6.61 Å². The van der Waals surface area contributed by atoms with Gasteiger partial charge in [-0.3, -0.25) is 0 Å². The molecule has 0 N–H and O–H groups in total. The Bertz CT molecular complexity index is 271. The summed E-state index contributed by atoms with van der Waals surface area (Å²) in [6, 6.07) is 2.64. The van der Waals surface area contributed by atoms with E-state index in [-0.39, 0.29) is 0 Å². The summed E-state index contributed by atoms with van der Waals surface area (Å²) < 4.78 is 40.8. The van der Waals surface area contributed by atoms with Crippen LogP contribution in [-0.4, -0.2) is 20.7 Å². The third-order valence-corrected chi connectivity index (χ3v) is 2.80. The van der Waals surface area contributed by atoms with Crippen molar-refractivity contribution in [1.29, 1.82) is 0 Å². The largest absolute Gasteiger partial charge is 0.519 e. The summed E-state index contributed by atoms with van der Waals surface area (Å²) in [5.74, 6) is 0. The van der Waals surface area contributed by atoms with Crippen LogP contribution in [0.3, 0.4) is 0 Å². The Kier molecular flexibility index (Phi) is 3.38. The molecule has 6 heteroatoms. The Labute approximate surface area is 78.6 Å². The molecule has 0 unspecified atom stereocenters. The summed E-state index contributed by atoms with van der Waals surface area (Å²) in [6.07, 6.45) is 0.549. The van der Waals surface area contributed by atoms with Crippen LogP contribution < -0.4 is 4.78 Å². The van der Waals surface area contributed by atoms with Crippen LogP contribution in [0, 0.1) is 0 Å². The fourth-order valence-corrected chi connectivity index (χ4v) is 1.80. The van der Waals surface area contributed by atoms with Gasteiger partial charge in [-0.15, -0.1) is 0 Å². The van der Waals surface area contributed by atoms with Gasteiger partial charge in [-0.2, -0.15) is 11.3 Å². The molecule has 74 valence electrons. The predicted molar refractivity (Wildman–Crippen MR) is 48.6 cm³/mol. The molecule has 1 rings (SSSR count). The first-order chi connectivity index (χ1) is 6.04. The van der Waals surface area contributed by atoms with Gasteiger partial charge in [0.2, 0.25) is 0 Å². The number of halogens is 3. The molecule has 0 fully saturated rings. The molecule has 0 saturated carbocycles. The van der Waals surface area contributed by atoms with Crippen molar-refractivity contribution < 1.29 is 17.7 Å². The molecule has 1 aromatic rings. The topological polar surface area (TPSA) is 9.23 Å². The molecule has 0 spiro atoms. The molecule has 1 aromatic heterocycles. The van der Waals surface area contributed by atoms with Crippen LogP contribution >= 0.6 is 11.3 Å². The van der Waals surface area contributed by atoms with Gasteiger partial charge in [-0.1, -0.05) is 16.9 Å². The number of thiophene rings is 1. The van der Waals surface area contributed by atoms with E-state index >= 15 is 0 Å². The molecule has 1 nitrogen and oxygen atoms in total. The van der Waals surface area contributed by atoms with E-state index in [1.54, 1.807) is 0 Å². The minimum atomic E-state index is -4.83. The monoisotopic (exact) mass is 209 g/mol. The lowest BCUT2D eigenvalue weighted by atomic mass is 9.90. The van der Waals surface area contributed by atoms with Crippen molar-refractivity contribution in [3.8, 4) is 0 Å². The molecule has 0 saturated heterocycles. The first-order valence-electron chi connectivity index (χ1n) is 3.81. The molecule has 0 aromatic carbocycles. The Morgan fingerprint density at radius 3 is 2.54 bits per heavy atom. The first kappa shape index (κ1) is 10.6. The smallest absolute Gasteiger partial charge is 0.444 e. The highest BCUT2D eigenvalue weighted by Crippen LogP contribution is 2.16. The Morgan fingerprint density at radius 1 is 1.38 bits per heavy atom. The van der Waals surface area contributed by atoms with E-state index in [4.69, 9.17) is 4.74 Å². The summed E-state index contributed by atoms with van der Waals surface area (Å²) in [5.41, 5.74) is 0. The van der Waals surface area contributed by atoms with Crippen molar-refractivity contribution in [2.45, 2.75) is 6.42 Å². The van der Waals surface area contributed by atoms with E-state index in [9.17, 15) is 12.9 Å². The van der Waals surface area contributed by atoms with Crippen LogP contribution in [0.15, 0.2) is 12.1 Å². The second-order valence-electron chi connectivity index (χ2n) is 2.62. The fraction of sp³-hybridized carbons (Fsp3) is 0.429. The molecule has 0 atom stereocenters. The Morgan fingerprint density at radius 2 is 2.08 bits per heavy atom. The van der Waals surface area contributed by atoms with Crippen LogP contribution in [0.5, 0.6) is 0 Å². The Balaban J connectivity index is 2.64. The third-order valence-electron chi connectivity index (χ3n) is 1.56. The van der Waals surface area contributed by atoms with Crippen molar-refractivity contribution in [2.24, 2.45) is 0 Å². The van der Waals surface area contributed by atoms with Crippen LogP contribution in [0.2, 0.25) is 0 Å². The molecular formula is C7H9BF3OS-. The van der Waals surface area contributed by atoms with Gasteiger partial charge in [0.25, 0.3) is 0 Å². The van der Waals surface area contributed by atoms with Crippen molar-refractivity contribution in [1.82, 2.24) is 0 Å². The van der Waals surface area contributed by atoms with E-state index in [1.807, 2.05) is 0 Å². The van der Waals surface area contributed by atoms with Crippen molar-refractivity contribution in [3.63, 3.8) is 0 Å². The fourth-order valence-electron chi connectivity index (χ4n) is 0.907. The molecule has 0 aliphatic rings. The quantitative estimate of drug-likeness (QED) is 0.689. The lowest BCUT2D eigenvalue weighted by Gasteiger charge is -2.10. The SMILES string of the molecule is COCCc1ccc([B-](F)(F)F)s1.